The Morgan fingerprint density at radius 2 is 2.00 bits per heavy atom. The number of hydrogen-bond acceptors (Lipinski definition) is 3. The van der Waals surface area contributed by atoms with Gasteiger partial charge in [-0.1, -0.05) is 6.07 Å². The fraction of sp³-hybridized carbons (Fsp3) is 0.462. The summed E-state index contributed by atoms with van der Waals surface area (Å²) in [6, 6.07) is 3.76. The first-order valence-electron chi connectivity index (χ1n) is 5.91. The van der Waals surface area contributed by atoms with Crippen LogP contribution in [0.2, 0.25) is 0 Å². The smallest absolute Gasteiger partial charge is 0.329 e. The van der Waals surface area contributed by atoms with E-state index in [0.717, 1.165) is 0 Å². The number of halogens is 2. The van der Waals surface area contributed by atoms with Gasteiger partial charge in [-0.25, -0.2) is 13.6 Å². The molecule has 104 valence electrons. The van der Waals surface area contributed by atoms with E-state index in [4.69, 9.17) is 9.84 Å². The first-order valence-corrected chi connectivity index (χ1v) is 5.91. The van der Waals surface area contributed by atoms with Crippen LogP contribution in [-0.2, 0) is 16.1 Å². The summed E-state index contributed by atoms with van der Waals surface area (Å²) in [6.45, 7) is 2.48. The summed E-state index contributed by atoms with van der Waals surface area (Å²) in [6.07, 6.45) is 0. The van der Waals surface area contributed by atoms with E-state index < -0.39 is 23.2 Å². The van der Waals surface area contributed by atoms with Crippen molar-refractivity contribution in [3.8, 4) is 0 Å². The molecule has 1 N–H and O–H groups in total. The molecule has 0 saturated carbocycles. The molecule has 1 fully saturated rings. The molecule has 0 spiro atoms. The number of aliphatic carboxylic acids is 1. The molecule has 0 radical (unpaired) electrons. The minimum atomic E-state index is -1.03. The molecular weight excluding hydrogens is 256 g/mol. The van der Waals surface area contributed by atoms with E-state index in [-0.39, 0.29) is 18.7 Å². The third kappa shape index (κ3) is 3.27. The number of ether oxygens (including phenoxy) is 1. The first-order chi connectivity index (χ1) is 8.89. The van der Waals surface area contributed by atoms with Crippen molar-refractivity contribution in [2.24, 2.45) is 0 Å². The molecule has 1 heterocycles. The van der Waals surface area contributed by atoms with Gasteiger partial charge in [-0.15, -0.1) is 0 Å². The van der Waals surface area contributed by atoms with Crippen LogP contribution < -0.4 is 0 Å². The minimum absolute atomic E-state index is 0.0304. The second-order valence-corrected chi connectivity index (χ2v) is 4.98. The fourth-order valence-corrected chi connectivity index (χ4v) is 2.25. The Hall–Kier alpha value is -1.53. The Labute approximate surface area is 109 Å². The normalized spacial score (nSPS) is 18.1. The number of hydrogen-bond donors (Lipinski definition) is 1. The zero-order valence-electron chi connectivity index (χ0n) is 10.5. The molecule has 1 aromatic carbocycles. The highest BCUT2D eigenvalue weighted by atomic mass is 19.1. The van der Waals surface area contributed by atoms with Gasteiger partial charge in [-0.3, -0.25) is 4.90 Å². The van der Waals surface area contributed by atoms with Crippen LogP contribution in [-0.4, -0.2) is 41.3 Å². The molecular formula is C13H15F2NO3. The lowest BCUT2D eigenvalue weighted by Gasteiger charge is -2.47. The van der Waals surface area contributed by atoms with E-state index in [1.807, 2.05) is 4.90 Å². The standard InChI is InChI=1S/C13H15F2NO3/c1-13(19-6-12(17)18)7-16(8-13)5-9-10(14)3-2-4-11(9)15/h2-4H,5-8H2,1H3,(H,17,18). The SMILES string of the molecule is CC1(OCC(=O)O)CN(Cc2c(F)cccc2F)C1. The molecule has 6 heteroatoms. The predicted molar refractivity (Wildman–Crippen MR) is 63.6 cm³/mol. The molecule has 0 aromatic heterocycles. The van der Waals surface area contributed by atoms with Gasteiger partial charge in [0.25, 0.3) is 0 Å². The van der Waals surface area contributed by atoms with Crippen LogP contribution in [0.3, 0.4) is 0 Å². The maximum atomic E-state index is 13.4. The van der Waals surface area contributed by atoms with Gasteiger partial charge < -0.3 is 9.84 Å². The number of likely N-dealkylation sites (tertiary alicyclic amines) is 1. The minimum Gasteiger partial charge on any atom is -0.480 e. The zero-order chi connectivity index (χ0) is 14.0. The Bertz CT molecular complexity index is 467. The summed E-state index contributed by atoms with van der Waals surface area (Å²) in [7, 11) is 0. The molecule has 0 amide bonds. The topological polar surface area (TPSA) is 49.8 Å². The number of benzene rings is 1. The number of carboxylic acids is 1. The zero-order valence-corrected chi connectivity index (χ0v) is 10.5. The van der Waals surface area contributed by atoms with Gasteiger partial charge in [0, 0.05) is 25.2 Å². The average molecular weight is 271 g/mol. The van der Waals surface area contributed by atoms with Gasteiger partial charge in [-0.2, -0.15) is 0 Å². The van der Waals surface area contributed by atoms with Crippen molar-refractivity contribution >= 4 is 5.97 Å². The molecule has 0 bridgehead atoms. The van der Waals surface area contributed by atoms with Crippen molar-refractivity contribution in [3.63, 3.8) is 0 Å². The van der Waals surface area contributed by atoms with Gasteiger partial charge in [0.2, 0.25) is 0 Å². The van der Waals surface area contributed by atoms with Crippen molar-refractivity contribution in [1.29, 1.82) is 0 Å². The monoisotopic (exact) mass is 271 g/mol. The number of carbonyl (C=O) groups is 1. The highest BCUT2D eigenvalue weighted by Crippen LogP contribution is 2.27. The molecule has 1 aliphatic rings. The Balaban J connectivity index is 1.89. The van der Waals surface area contributed by atoms with Crippen LogP contribution in [0, 0.1) is 11.6 Å². The van der Waals surface area contributed by atoms with Gasteiger partial charge in [-0.05, 0) is 19.1 Å². The summed E-state index contributed by atoms with van der Waals surface area (Å²) < 4.78 is 32.1. The lowest BCUT2D eigenvalue weighted by Crippen LogP contribution is -2.61. The molecule has 1 aliphatic heterocycles. The number of nitrogens with zero attached hydrogens (tertiary/aromatic N) is 1. The molecule has 1 saturated heterocycles. The fourth-order valence-electron chi connectivity index (χ4n) is 2.25. The second-order valence-electron chi connectivity index (χ2n) is 4.98. The van der Waals surface area contributed by atoms with Crippen LogP contribution >= 0.6 is 0 Å². The van der Waals surface area contributed by atoms with Crippen LogP contribution in [0.5, 0.6) is 0 Å². The van der Waals surface area contributed by atoms with Gasteiger partial charge in [0.1, 0.15) is 18.2 Å². The molecule has 4 nitrogen and oxygen atoms in total. The molecule has 19 heavy (non-hydrogen) atoms. The highest BCUT2D eigenvalue weighted by Gasteiger charge is 2.40. The van der Waals surface area contributed by atoms with E-state index in [2.05, 4.69) is 0 Å². The lowest BCUT2D eigenvalue weighted by atomic mass is 9.95. The lowest BCUT2D eigenvalue weighted by molar-refractivity contribution is -0.165. The van der Waals surface area contributed by atoms with E-state index in [1.54, 1.807) is 6.92 Å². The predicted octanol–water partition coefficient (Wildman–Crippen LogP) is 1.64. The third-order valence-electron chi connectivity index (χ3n) is 3.10. The van der Waals surface area contributed by atoms with E-state index in [9.17, 15) is 13.6 Å². The third-order valence-corrected chi connectivity index (χ3v) is 3.10. The van der Waals surface area contributed by atoms with E-state index >= 15 is 0 Å². The molecule has 1 aromatic rings. The molecule has 0 aliphatic carbocycles. The van der Waals surface area contributed by atoms with Crippen molar-refractivity contribution in [1.82, 2.24) is 4.90 Å². The maximum Gasteiger partial charge on any atom is 0.329 e. The average Bonchev–Trinajstić information content (AvgIpc) is 2.29. The van der Waals surface area contributed by atoms with E-state index in [0.29, 0.717) is 13.1 Å². The summed E-state index contributed by atoms with van der Waals surface area (Å²) in [4.78, 5) is 12.2. The molecule has 0 unspecified atom stereocenters. The summed E-state index contributed by atoms with van der Waals surface area (Å²) in [5.41, 5.74) is -0.525. The second kappa shape index (κ2) is 5.22. The largest absolute Gasteiger partial charge is 0.480 e. The first kappa shape index (κ1) is 13.9. The van der Waals surface area contributed by atoms with Gasteiger partial charge in [0.15, 0.2) is 0 Å². The maximum absolute atomic E-state index is 13.4. The van der Waals surface area contributed by atoms with Gasteiger partial charge in [0.05, 0.1) is 5.60 Å². The highest BCUT2D eigenvalue weighted by molar-refractivity contribution is 5.68. The quantitative estimate of drug-likeness (QED) is 0.884. The van der Waals surface area contributed by atoms with Crippen molar-refractivity contribution < 1.29 is 23.4 Å². The Kier molecular flexibility index (Phi) is 3.82. The van der Waals surface area contributed by atoms with Gasteiger partial charge >= 0.3 is 5.97 Å². The van der Waals surface area contributed by atoms with Crippen molar-refractivity contribution in [2.45, 2.75) is 19.1 Å². The summed E-state index contributed by atoms with van der Waals surface area (Å²) in [5.74, 6) is -2.17. The van der Waals surface area contributed by atoms with Crippen LogP contribution in [0.25, 0.3) is 0 Å². The van der Waals surface area contributed by atoms with E-state index in [1.165, 1.54) is 18.2 Å². The van der Waals surface area contributed by atoms with Crippen LogP contribution in [0.4, 0.5) is 8.78 Å². The van der Waals surface area contributed by atoms with Crippen molar-refractivity contribution in [2.75, 3.05) is 19.7 Å². The Morgan fingerprint density at radius 3 is 2.53 bits per heavy atom. The molecule has 2 rings (SSSR count). The van der Waals surface area contributed by atoms with Crippen molar-refractivity contribution in [3.05, 3.63) is 35.4 Å². The summed E-state index contributed by atoms with van der Waals surface area (Å²) >= 11 is 0. The van der Waals surface area contributed by atoms with Crippen LogP contribution in [0.1, 0.15) is 12.5 Å². The number of carboxylic acid groups (broad SMARTS) is 1. The number of rotatable bonds is 5. The molecule has 0 atom stereocenters. The Morgan fingerprint density at radius 1 is 1.42 bits per heavy atom. The summed E-state index contributed by atoms with van der Waals surface area (Å²) in [5, 5.41) is 8.53. The van der Waals surface area contributed by atoms with Crippen LogP contribution in [0.15, 0.2) is 18.2 Å².